The van der Waals surface area contributed by atoms with Gasteiger partial charge in [0.05, 0.1) is 5.92 Å². The van der Waals surface area contributed by atoms with Gasteiger partial charge in [-0.2, -0.15) is 0 Å². The van der Waals surface area contributed by atoms with Crippen molar-refractivity contribution in [3.05, 3.63) is 11.6 Å². The number of esters is 1. The molecule has 0 saturated heterocycles. The zero-order valence-corrected chi connectivity index (χ0v) is 23.6. The van der Waals surface area contributed by atoms with E-state index >= 15 is 0 Å². The minimum absolute atomic E-state index is 0.110. The molecular formula is C33H54O2. The van der Waals surface area contributed by atoms with E-state index in [0.29, 0.717) is 10.8 Å². The number of carbonyl (C=O) groups is 1. The molecular weight excluding hydrogens is 428 g/mol. The Kier molecular flexibility index (Phi) is 7.51. The Balaban J connectivity index is 1.24. The van der Waals surface area contributed by atoms with Crippen molar-refractivity contribution in [2.75, 3.05) is 0 Å². The molecule has 0 aromatic carbocycles. The van der Waals surface area contributed by atoms with E-state index in [-0.39, 0.29) is 18.0 Å². The molecule has 2 nitrogen and oxygen atoms in total. The fraction of sp³-hybridized carbons (Fsp3) is 0.909. The van der Waals surface area contributed by atoms with Gasteiger partial charge in [-0.05, 0) is 104 Å². The third kappa shape index (κ3) is 4.79. The molecule has 0 amide bonds. The molecule has 0 unspecified atom stereocenters. The van der Waals surface area contributed by atoms with E-state index in [0.717, 1.165) is 61.2 Å². The highest BCUT2D eigenvalue weighted by Gasteiger charge is 2.59. The van der Waals surface area contributed by atoms with Crippen molar-refractivity contribution in [1.82, 2.24) is 0 Å². The van der Waals surface area contributed by atoms with E-state index in [1.165, 1.54) is 70.6 Å². The largest absolute Gasteiger partial charge is 0.462 e. The molecule has 5 aliphatic rings. The van der Waals surface area contributed by atoms with Gasteiger partial charge in [-0.25, -0.2) is 0 Å². The van der Waals surface area contributed by atoms with Crippen molar-refractivity contribution >= 4 is 5.97 Å². The Morgan fingerprint density at radius 1 is 0.971 bits per heavy atom. The van der Waals surface area contributed by atoms with Crippen molar-refractivity contribution in [2.45, 2.75) is 137 Å². The highest BCUT2D eigenvalue weighted by molar-refractivity contribution is 5.73. The SMILES string of the molecule is CC(C)CCC[C@H](C)[C@@H]1CC[C@@H]2[C@H]3CC=C4C[C@@H](OC(=O)C5CCCC5)CC[C@]4(C)[C@@H]3CC[C@@]21C. The summed E-state index contributed by atoms with van der Waals surface area (Å²) < 4.78 is 6.10. The van der Waals surface area contributed by atoms with Crippen LogP contribution in [0.2, 0.25) is 0 Å². The first-order chi connectivity index (χ1) is 16.7. The van der Waals surface area contributed by atoms with Crippen molar-refractivity contribution in [3.63, 3.8) is 0 Å². The van der Waals surface area contributed by atoms with Crippen LogP contribution in [0.15, 0.2) is 11.6 Å². The van der Waals surface area contributed by atoms with Gasteiger partial charge >= 0.3 is 5.97 Å². The molecule has 0 bridgehead atoms. The fourth-order valence-corrected chi connectivity index (χ4v) is 10.2. The van der Waals surface area contributed by atoms with Gasteiger partial charge in [-0.1, -0.05) is 78.4 Å². The summed E-state index contributed by atoms with van der Waals surface area (Å²) in [7, 11) is 0. The molecule has 0 aliphatic heterocycles. The van der Waals surface area contributed by atoms with Crippen molar-refractivity contribution in [3.8, 4) is 0 Å². The van der Waals surface area contributed by atoms with Crippen LogP contribution in [0.3, 0.4) is 0 Å². The van der Waals surface area contributed by atoms with Crippen LogP contribution < -0.4 is 0 Å². The van der Waals surface area contributed by atoms with Gasteiger partial charge in [0.15, 0.2) is 0 Å². The number of allylic oxidation sites excluding steroid dienone is 1. The third-order valence-electron chi connectivity index (χ3n) is 12.2. The van der Waals surface area contributed by atoms with E-state index < -0.39 is 0 Å². The zero-order valence-electron chi connectivity index (χ0n) is 23.6. The number of fused-ring (bicyclic) bond motifs is 5. The molecule has 0 N–H and O–H groups in total. The van der Waals surface area contributed by atoms with Crippen LogP contribution in [0, 0.1) is 52.3 Å². The molecule has 5 rings (SSSR count). The summed E-state index contributed by atoms with van der Waals surface area (Å²) in [6.07, 6.45) is 21.9. The average molecular weight is 483 g/mol. The molecule has 4 saturated carbocycles. The first-order valence-corrected chi connectivity index (χ1v) is 15.6. The number of rotatable bonds is 7. The maximum Gasteiger partial charge on any atom is 0.309 e. The van der Waals surface area contributed by atoms with Crippen LogP contribution in [0.4, 0.5) is 0 Å². The third-order valence-corrected chi connectivity index (χ3v) is 12.2. The van der Waals surface area contributed by atoms with Gasteiger partial charge in [-0.3, -0.25) is 4.79 Å². The molecule has 5 aliphatic carbocycles. The maximum atomic E-state index is 12.7. The molecule has 2 heteroatoms. The monoisotopic (exact) mass is 482 g/mol. The van der Waals surface area contributed by atoms with Crippen LogP contribution in [0.5, 0.6) is 0 Å². The minimum atomic E-state index is 0.110. The molecule has 0 aromatic heterocycles. The van der Waals surface area contributed by atoms with Gasteiger partial charge in [0.2, 0.25) is 0 Å². The molecule has 198 valence electrons. The summed E-state index contributed by atoms with van der Waals surface area (Å²) in [4.78, 5) is 12.7. The Morgan fingerprint density at radius 2 is 1.74 bits per heavy atom. The predicted molar refractivity (Wildman–Crippen MR) is 145 cm³/mol. The standard InChI is InChI=1S/C33H54O2/c1-22(2)9-8-10-23(3)28-15-16-29-27-14-13-25-21-26(35-31(34)24-11-6-7-12-24)17-19-32(25,4)30(27)18-20-33(28,29)5/h13,22-24,26-30H,6-12,14-21H2,1-5H3/t23-,26-,27+,28-,29+,30+,32-,33+/m0/s1. The van der Waals surface area contributed by atoms with Crippen LogP contribution in [0.25, 0.3) is 0 Å². The minimum Gasteiger partial charge on any atom is -0.462 e. The zero-order chi connectivity index (χ0) is 24.8. The average Bonchev–Trinajstić information content (AvgIpc) is 3.47. The Morgan fingerprint density at radius 3 is 2.49 bits per heavy atom. The normalized spacial score (nSPS) is 42.2. The Bertz CT molecular complexity index is 791. The number of hydrogen-bond acceptors (Lipinski definition) is 2. The second kappa shape index (κ2) is 10.2. The molecule has 0 spiro atoms. The van der Waals surface area contributed by atoms with Crippen molar-refractivity contribution in [2.24, 2.45) is 52.3 Å². The summed E-state index contributed by atoms with van der Waals surface area (Å²) >= 11 is 0. The van der Waals surface area contributed by atoms with E-state index in [4.69, 9.17) is 4.74 Å². The second-order valence-corrected chi connectivity index (χ2v) is 14.6. The second-order valence-electron chi connectivity index (χ2n) is 14.6. The van der Waals surface area contributed by atoms with Crippen LogP contribution in [-0.4, -0.2) is 12.1 Å². The summed E-state index contributed by atoms with van der Waals surface area (Å²) in [5.41, 5.74) is 2.56. The van der Waals surface area contributed by atoms with E-state index in [1.54, 1.807) is 5.57 Å². The van der Waals surface area contributed by atoms with E-state index in [9.17, 15) is 4.79 Å². The molecule has 0 aromatic rings. The number of carbonyl (C=O) groups excluding carboxylic acids is 1. The summed E-state index contributed by atoms with van der Waals surface area (Å²) in [6.45, 7) is 12.6. The van der Waals surface area contributed by atoms with Crippen molar-refractivity contribution < 1.29 is 9.53 Å². The Hall–Kier alpha value is -0.790. The molecule has 0 radical (unpaired) electrons. The van der Waals surface area contributed by atoms with Gasteiger partial charge in [-0.15, -0.1) is 0 Å². The highest BCUT2D eigenvalue weighted by Crippen LogP contribution is 2.67. The summed E-state index contributed by atoms with van der Waals surface area (Å²) in [6, 6.07) is 0. The van der Waals surface area contributed by atoms with E-state index in [2.05, 4.69) is 40.7 Å². The van der Waals surface area contributed by atoms with Crippen LogP contribution in [-0.2, 0) is 9.53 Å². The van der Waals surface area contributed by atoms with Gasteiger partial charge in [0, 0.05) is 6.42 Å². The smallest absolute Gasteiger partial charge is 0.309 e. The van der Waals surface area contributed by atoms with Gasteiger partial charge in [0.25, 0.3) is 0 Å². The predicted octanol–water partition coefficient (Wildman–Crippen LogP) is 9.13. The summed E-state index contributed by atoms with van der Waals surface area (Å²) in [5.74, 6) is 5.61. The highest BCUT2D eigenvalue weighted by atomic mass is 16.5. The molecule has 0 heterocycles. The number of ether oxygens (including phenoxy) is 1. The topological polar surface area (TPSA) is 26.3 Å². The van der Waals surface area contributed by atoms with E-state index in [1.807, 2.05) is 0 Å². The quantitative estimate of drug-likeness (QED) is 0.267. The number of hydrogen-bond donors (Lipinski definition) is 0. The molecule has 4 fully saturated rings. The lowest BCUT2D eigenvalue weighted by Gasteiger charge is -2.58. The van der Waals surface area contributed by atoms with Gasteiger partial charge in [0.1, 0.15) is 6.10 Å². The maximum absolute atomic E-state index is 12.7. The van der Waals surface area contributed by atoms with Crippen molar-refractivity contribution in [1.29, 1.82) is 0 Å². The summed E-state index contributed by atoms with van der Waals surface area (Å²) in [5, 5.41) is 0. The van der Waals surface area contributed by atoms with Crippen LogP contribution >= 0.6 is 0 Å². The van der Waals surface area contributed by atoms with Crippen LogP contribution in [0.1, 0.15) is 131 Å². The Labute approximate surface area is 216 Å². The lowest BCUT2D eigenvalue weighted by Crippen LogP contribution is -2.51. The lowest BCUT2D eigenvalue weighted by molar-refractivity contribution is -0.156. The van der Waals surface area contributed by atoms with Gasteiger partial charge < -0.3 is 4.74 Å². The first kappa shape index (κ1) is 25.8. The fourth-order valence-electron chi connectivity index (χ4n) is 10.2. The first-order valence-electron chi connectivity index (χ1n) is 15.6. The lowest BCUT2D eigenvalue weighted by atomic mass is 9.47. The molecule has 35 heavy (non-hydrogen) atoms. The molecule has 8 atom stereocenters.